The Morgan fingerprint density at radius 2 is 0.740 bits per heavy atom. The molecule has 0 spiro atoms. The zero-order valence-electron chi connectivity index (χ0n) is 27.4. The van der Waals surface area contributed by atoms with Crippen molar-refractivity contribution in [3.05, 3.63) is 200 Å². The summed E-state index contributed by atoms with van der Waals surface area (Å²) in [5.41, 5.74) is 14.4. The first kappa shape index (κ1) is 29.5. The molecule has 0 radical (unpaired) electrons. The van der Waals surface area contributed by atoms with Crippen molar-refractivity contribution in [3.8, 4) is 44.5 Å². The van der Waals surface area contributed by atoms with Crippen molar-refractivity contribution >= 4 is 39.0 Å². The van der Waals surface area contributed by atoms with Gasteiger partial charge in [-0.25, -0.2) is 0 Å². The molecule has 9 rings (SSSR count). The Morgan fingerprint density at radius 3 is 1.34 bits per heavy atom. The second-order valence-corrected chi connectivity index (χ2v) is 12.5. The Kier molecular flexibility index (Phi) is 7.53. The minimum atomic E-state index is 0.897. The molecule has 9 aromatic rings. The smallest absolute Gasteiger partial charge is 0.143 e. The first-order valence-electron chi connectivity index (χ1n) is 17.0. The van der Waals surface area contributed by atoms with Crippen LogP contribution in [0.1, 0.15) is 0 Å². The summed E-state index contributed by atoms with van der Waals surface area (Å²) in [5, 5.41) is 2.25. The molecule has 50 heavy (non-hydrogen) atoms. The molecule has 0 saturated heterocycles. The standard InChI is InChI=1S/C48H33NO/c1-4-12-34(13-5-1)36-20-22-39(23-21-36)47-43(32-33-45-44-18-10-11-19-46(44)50-48(45)47)38-26-30-42(31-27-38)49(40-16-8-3-9-17-40)41-28-24-37(25-29-41)35-14-6-2-7-15-35/h1-33H. The fourth-order valence-electron chi connectivity index (χ4n) is 7.02. The van der Waals surface area contributed by atoms with Gasteiger partial charge in [0.25, 0.3) is 0 Å². The van der Waals surface area contributed by atoms with Crippen molar-refractivity contribution < 1.29 is 4.42 Å². The van der Waals surface area contributed by atoms with E-state index in [1.54, 1.807) is 0 Å². The monoisotopic (exact) mass is 639 g/mol. The van der Waals surface area contributed by atoms with Crippen LogP contribution in [0.2, 0.25) is 0 Å². The number of benzene rings is 8. The molecule has 1 heterocycles. The lowest BCUT2D eigenvalue weighted by molar-refractivity contribution is 0.670. The molecular formula is C48H33NO. The van der Waals surface area contributed by atoms with Gasteiger partial charge in [0, 0.05) is 33.4 Å². The van der Waals surface area contributed by atoms with Crippen LogP contribution in [0.5, 0.6) is 0 Å². The zero-order chi connectivity index (χ0) is 33.3. The summed E-state index contributed by atoms with van der Waals surface area (Å²) in [7, 11) is 0. The third-order valence-corrected chi connectivity index (χ3v) is 9.51. The van der Waals surface area contributed by atoms with E-state index in [9.17, 15) is 0 Å². The fraction of sp³-hybridized carbons (Fsp3) is 0. The predicted octanol–water partition coefficient (Wildman–Crippen LogP) is 13.7. The minimum Gasteiger partial charge on any atom is -0.455 e. The topological polar surface area (TPSA) is 16.4 Å². The van der Waals surface area contributed by atoms with Crippen molar-refractivity contribution in [1.29, 1.82) is 0 Å². The number of hydrogen-bond donors (Lipinski definition) is 0. The van der Waals surface area contributed by atoms with Gasteiger partial charge in [-0.2, -0.15) is 0 Å². The molecule has 0 fully saturated rings. The average Bonchev–Trinajstić information content (AvgIpc) is 3.58. The number of para-hydroxylation sites is 2. The van der Waals surface area contributed by atoms with Crippen LogP contribution >= 0.6 is 0 Å². The maximum Gasteiger partial charge on any atom is 0.143 e. The van der Waals surface area contributed by atoms with Crippen molar-refractivity contribution in [1.82, 2.24) is 0 Å². The Bertz CT molecular complexity index is 2530. The summed E-state index contributed by atoms with van der Waals surface area (Å²) >= 11 is 0. The lowest BCUT2D eigenvalue weighted by Crippen LogP contribution is -2.09. The summed E-state index contributed by atoms with van der Waals surface area (Å²) in [5.74, 6) is 0. The number of hydrogen-bond acceptors (Lipinski definition) is 2. The second-order valence-electron chi connectivity index (χ2n) is 12.5. The Balaban J connectivity index is 1.14. The van der Waals surface area contributed by atoms with E-state index in [2.05, 4.69) is 199 Å². The third kappa shape index (κ3) is 5.43. The first-order valence-corrected chi connectivity index (χ1v) is 17.0. The molecule has 0 atom stereocenters. The Morgan fingerprint density at radius 1 is 0.300 bits per heavy atom. The molecule has 0 aliphatic heterocycles. The second kappa shape index (κ2) is 12.8. The highest BCUT2D eigenvalue weighted by molar-refractivity contribution is 6.12. The van der Waals surface area contributed by atoms with E-state index in [4.69, 9.17) is 4.42 Å². The van der Waals surface area contributed by atoms with Gasteiger partial charge in [-0.3, -0.25) is 0 Å². The third-order valence-electron chi connectivity index (χ3n) is 9.51. The first-order chi connectivity index (χ1) is 24.8. The molecular weight excluding hydrogens is 607 g/mol. The van der Waals surface area contributed by atoms with Gasteiger partial charge < -0.3 is 9.32 Å². The Hall–Kier alpha value is -6.64. The predicted molar refractivity (Wildman–Crippen MR) is 210 cm³/mol. The molecule has 1 aromatic heterocycles. The molecule has 0 bridgehead atoms. The maximum atomic E-state index is 6.63. The van der Waals surface area contributed by atoms with Crippen molar-refractivity contribution in [2.24, 2.45) is 0 Å². The van der Waals surface area contributed by atoms with E-state index in [1.807, 2.05) is 6.07 Å². The average molecular weight is 640 g/mol. The van der Waals surface area contributed by atoms with Crippen LogP contribution in [-0.2, 0) is 0 Å². The fourth-order valence-corrected chi connectivity index (χ4v) is 7.02. The van der Waals surface area contributed by atoms with Crippen LogP contribution in [-0.4, -0.2) is 0 Å². The van der Waals surface area contributed by atoms with Crippen molar-refractivity contribution in [2.45, 2.75) is 0 Å². The molecule has 2 nitrogen and oxygen atoms in total. The van der Waals surface area contributed by atoms with Gasteiger partial charge in [0.2, 0.25) is 0 Å². The SMILES string of the molecule is c1ccc(-c2ccc(-c3c(-c4ccc(N(c5ccccc5)c5ccc(-c6ccccc6)cc5)cc4)ccc4c3oc3ccccc34)cc2)cc1. The van der Waals surface area contributed by atoms with E-state index in [0.717, 1.165) is 61.3 Å². The van der Waals surface area contributed by atoms with Gasteiger partial charge in [-0.05, 0) is 87.5 Å². The Labute approximate surface area is 292 Å². The van der Waals surface area contributed by atoms with Crippen LogP contribution in [0, 0.1) is 0 Å². The molecule has 236 valence electrons. The number of nitrogens with zero attached hydrogens (tertiary/aromatic N) is 1. The summed E-state index contributed by atoms with van der Waals surface area (Å²) in [6, 6.07) is 70.9. The highest BCUT2D eigenvalue weighted by Crippen LogP contribution is 2.43. The molecule has 0 N–H and O–H groups in total. The molecule has 0 aliphatic carbocycles. The summed E-state index contributed by atoms with van der Waals surface area (Å²) in [6.45, 7) is 0. The van der Waals surface area contributed by atoms with Crippen LogP contribution < -0.4 is 4.90 Å². The molecule has 2 heteroatoms. The quantitative estimate of drug-likeness (QED) is 0.173. The molecule has 0 unspecified atom stereocenters. The molecule has 0 aliphatic rings. The minimum absolute atomic E-state index is 0.897. The lowest BCUT2D eigenvalue weighted by atomic mass is 9.91. The van der Waals surface area contributed by atoms with Gasteiger partial charge in [0.05, 0.1) is 0 Å². The summed E-state index contributed by atoms with van der Waals surface area (Å²) in [4.78, 5) is 2.31. The molecule has 8 aromatic carbocycles. The van der Waals surface area contributed by atoms with Gasteiger partial charge in [0.1, 0.15) is 11.2 Å². The van der Waals surface area contributed by atoms with E-state index in [1.165, 1.54) is 22.3 Å². The number of furan rings is 1. The van der Waals surface area contributed by atoms with Gasteiger partial charge in [-0.15, -0.1) is 0 Å². The van der Waals surface area contributed by atoms with Crippen LogP contribution in [0.3, 0.4) is 0 Å². The van der Waals surface area contributed by atoms with Crippen LogP contribution in [0.4, 0.5) is 17.1 Å². The maximum absolute atomic E-state index is 6.63. The van der Waals surface area contributed by atoms with Gasteiger partial charge in [-0.1, -0.05) is 152 Å². The molecule has 0 saturated carbocycles. The van der Waals surface area contributed by atoms with E-state index in [-0.39, 0.29) is 0 Å². The lowest BCUT2D eigenvalue weighted by Gasteiger charge is -2.26. The van der Waals surface area contributed by atoms with Gasteiger partial charge >= 0.3 is 0 Å². The van der Waals surface area contributed by atoms with E-state index in [0.29, 0.717) is 0 Å². The van der Waals surface area contributed by atoms with E-state index < -0.39 is 0 Å². The number of rotatable bonds is 7. The highest BCUT2D eigenvalue weighted by Gasteiger charge is 2.19. The van der Waals surface area contributed by atoms with E-state index >= 15 is 0 Å². The number of anilines is 3. The summed E-state index contributed by atoms with van der Waals surface area (Å²) in [6.07, 6.45) is 0. The highest BCUT2D eigenvalue weighted by atomic mass is 16.3. The number of fused-ring (bicyclic) bond motifs is 3. The van der Waals surface area contributed by atoms with Gasteiger partial charge in [0.15, 0.2) is 0 Å². The largest absolute Gasteiger partial charge is 0.455 e. The normalized spacial score (nSPS) is 11.2. The van der Waals surface area contributed by atoms with Crippen molar-refractivity contribution in [2.75, 3.05) is 4.90 Å². The zero-order valence-corrected chi connectivity index (χ0v) is 27.4. The van der Waals surface area contributed by atoms with Crippen LogP contribution in [0.25, 0.3) is 66.4 Å². The summed E-state index contributed by atoms with van der Waals surface area (Å²) < 4.78 is 6.63. The van der Waals surface area contributed by atoms with Crippen LogP contribution in [0.15, 0.2) is 205 Å². The molecule has 0 amide bonds. The van der Waals surface area contributed by atoms with Crippen molar-refractivity contribution in [3.63, 3.8) is 0 Å².